The largest absolute Gasteiger partial charge is 0.480 e. The van der Waals surface area contributed by atoms with Crippen molar-refractivity contribution in [1.82, 2.24) is 9.88 Å². The Balaban J connectivity index is 1.70. The summed E-state index contributed by atoms with van der Waals surface area (Å²) < 4.78 is 0. The summed E-state index contributed by atoms with van der Waals surface area (Å²) in [5.41, 5.74) is 3.67. The number of amides is 1. The maximum atomic E-state index is 12.8. The highest BCUT2D eigenvalue weighted by atomic mass is 32.2. The number of nitrogens with zero attached hydrogens (tertiary/aromatic N) is 3. The van der Waals surface area contributed by atoms with Gasteiger partial charge >= 0.3 is 5.97 Å². The molecule has 1 aromatic heterocycles. The van der Waals surface area contributed by atoms with Crippen molar-refractivity contribution in [2.75, 3.05) is 12.3 Å². The van der Waals surface area contributed by atoms with Crippen LogP contribution in [0.1, 0.15) is 18.4 Å². The lowest BCUT2D eigenvalue weighted by Crippen LogP contribution is -2.41. The Morgan fingerprint density at radius 3 is 2.38 bits per heavy atom. The molecule has 7 heteroatoms. The molecule has 2 heterocycles. The van der Waals surface area contributed by atoms with Gasteiger partial charge in [0.2, 0.25) is 5.91 Å². The monoisotopic (exact) mass is 443 g/mol. The van der Waals surface area contributed by atoms with Crippen LogP contribution in [0.5, 0.6) is 0 Å². The molecule has 1 amide bonds. The van der Waals surface area contributed by atoms with Crippen molar-refractivity contribution in [3.05, 3.63) is 72.3 Å². The number of thioether (sulfide) groups is 1. The van der Waals surface area contributed by atoms with E-state index in [9.17, 15) is 20.0 Å². The number of aliphatic carboxylic acids is 1. The second kappa shape index (κ2) is 9.67. The third kappa shape index (κ3) is 4.51. The second-order valence-electron chi connectivity index (χ2n) is 7.45. The van der Waals surface area contributed by atoms with Crippen LogP contribution in [0.15, 0.2) is 71.8 Å². The van der Waals surface area contributed by atoms with E-state index in [-0.39, 0.29) is 11.7 Å². The fraction of sp³-hybridized carbons (Fsp3) is 0.200. The maximum absolute atomic E-state index is 12.8. The van der Waals surface area contributed by atoms with Gasteiger partial charge in [-0.15, -0.1) is 0 Å². The fourth-order valence-corrected chi connectivity index (χ4v) is 4.76. The minimum Gasteiger partial charge on any atom is -0.480 e. The molecule has 0 radical (unpaired) electrons. The molecule has 1 atom stereocenters. The third-order valence-corrected chi connectivity index (χ3v) is 6.40. The van der Waals surface area contributed by atoms with Gasteiger partial charge in [0.05, 0.1) is 17.0 Å². The van der Waals surface area contributed by atoms with E-state index in [1.807, 2.05) is 66.7 Å². The number of pyridine rings is 1. The topological polar surface area (TPSA) is 94.3 Å². The molecule has 1 saturated heterocycles. The van der Waals surface area contributed by atoms with Gasteiger partial charge in [0.25, 0.3) is 0 Å². The lowest BCUT2D eigenvalue weighted by molar-refractivity contribution is -0.147. The molecule has 0 unspecified atom stereocenters. The van der Waals surface area contributed by atoms with Crippen LogP contribution in [0.2, 0.25) is 0 Å². The molecule has 2 aromatic carbocycles. The van der Waals surface area contributed by atoms with Crippen LogP contribution in [0, 0.1) is 11.3 Å². The standard InChI is InChI=1S/C25H21N3O3S/c26-15-20-19(17-8-3-1-4-9-17)14-21(18-10-5-2-6-11-18)27-24(20)32-16-23(29)28-13-7-12-22(28)25(30)31/h1-6,8-11,14,22H,7,12-13,16H2,(H,30,31)/t22-/m0/s1. The average Bonchev–Trinajstić information content (AvgIpc) is 3.33. The van der Waals surface area contributed by atoms with Gasteiger partial charge in [0, 0.05) is 17.7 Å². The number of carboxylic acid groups (broad SMARTS) is 1. The van der Waals surface area contributed by atoms with Gasteiger partial charge in [-0.2, -0.15) is 5.26 Å². The first-order valence-electron chi connectivity index (χ1n) is 10.3. The number of benzene rings is 2. The van der Waals surface area contributed by atoms with Crippen molar-refractivity contribution in [3.8, 4) is 28.5 Å². The van der Waals surface area contributed by atoms with Gasteiger partial charge in [-0.05, 0) is 24.5 Å². The number of carbonyl (C=O) groups excluding carboxylic acids is 1. The van der Waals surface area contributed by atoms with E-state index in [0.29, 0.717) is 35.7 Å². The minimum atomic E-state index is -0.978. The Bertz CT molecular complexity index is 1180. The van der Waals surface area contributed by atoms with Gasteiger partial charge < -0.3 is 10.0 Å². The summed E-state index contributed by atoms with van der Waals surface area (Å²) in [5, 5.41) is 19.8. The molecule has 32 heavy (non-hydrogen) atoms. The summed E-state index contributed by atoms with van der Waals surface area (Å²) in [5.74, 6) is -1.20. The summed E-state index contributed by atoms with van der Waals surface area (Å²) in [6.07, 6.45) is 1.14. The van der Waals surface area contributed by atoms with Crippen LogP contribution >= 0.6 is 11.8 Å². The number of nitriles is 1. The highest BCUT2D eigenvalue weighted by Crippen LogP contribution is 2.34. The van der Waals surface area contributed by atoms with E-state index in [1.54, 1.807) is 0 Å². The molecule has 1 fully saturated rings. The van der Waals surface area contributed by atoms with Crippen LogP contribution in [-0.2, 0) is 9.59 Å². The molecular weight excluding hydrogens is 422 g/mol. The van der Waals surface area contributed by atoms with E-state index in [2.05, 4.69) is 6.07 Å². The SMILES string of the molecule is N#Cc1c(-c2ccccc2)cc(-c2ccccc2)nc1SCC(=O)N1CCC[C@H]1C(=O)O. The van der Waals surface area contributed by atoms with Crippen molar-refractivity contribution >= 4 is 23.6 Å². The van der Waals surface area contributed by atoms with Gasteiger partial charge in [-0.1, -0.05) is 72.4 Å². The second-order valence-corrected chi connectivity index (χ2v) is 8.42. The molecular formula is C25H21N3O3S. The van der Waals surface area contributed by atoms with E-state index in [0.717, 1.165) is 16.7 Å². The van der Waals surface area contributed by atoms with Crippen molar-refractivity contribution in [3.63, 3.8) is 0 Å². The van der Waals surface area contributed by atoms with Crippen LogP contribution in [0.3, 0.4) is 0 Å². The number of carboxylic acids is 1. The molecule has 6 nitrogen and oxygen atoms in total. The van der Waals surface area contributed by atoms with Crippen molar-refractivity contribution in [2.45, 2.75) is 23.9 Å². The molecule has 0 spiro atoms. The van der Waals surface area contributed by atoms with Crippen molar-refractivity contribution < 1.29 is 14.7 Å². The Kier molecular flexibility index (Phi) is 6.52. The predicted octanol–water partition coefficient (Wildman–Crippen LogP) is 4.45. The molecule has 1 aliphatic rings. The molecule has 0 saturated carbocycles. The van der Waals surface area contributed by atoms with E-state index in [4.69, 9.17) is 4.98 Å². The molecule has 3 aromatic rings. The smallest absolute Gasteiger partial charge is 0.326 e. The maximum Gasteiger partial charge on any atom is 0.326 e. The van der Waals surface area contributed by atoms with Crippen LogP contribution in [0.25, 0.3) is 22.4 Å². The van der Waals surface area contributed by atoms with Crippen molar-refractivity contribution in [1.29, 1.82) is 5.26 Å². The fourth-order valence-electron chi connectivity index (χ4n) is 3.87. The predicted molar refractivity (Wildman–Crippen MR) is 123 cm³/mol. The molecule has 160 valence electrons. The first-order chi connectivity index (χ1) is 15.6. The Morgan fingerprint density at radius 1 is 1.09 bits per heavy atom. The highest BCUT2D eigenvalue weighted by molar-refractivity contribution is 8.00. The van der Waals surface area contributed by atoms with E-state index in [1.165, 1.54) is 16.7 Å². The summed E-state index contributed by atoms with van der Waals surface area (Å²) >= 11 is 1.18. The number of rotatable bonds is 6. The number of hydrogen-bond donors (Lipinski definition) is 1. The Labute approximate surface area is 190 Å². The average molecular weight is 444 g/mol. The summed E-state index contributed by atoms with van der Waals surface area (Å²) in [6.45, 7) is 0.439. The van der Waals surface area contributed by atoms with Gasteiger partial charge in [0.1, 0.15) is 17.1 Å². The number of likely N-dealkylation sites (tertiary alicyclic amines) is 1. The third-order valence-electron chi connectivity index (χ3n) is 5.44. The molecule has 0 bridgehead atoms. The Hall–Kier alpha value is -3.63. The first kappa shape index (κ1) is 21.6. The zero-order valence-corrected chi connectivity index (χ0v) is 18.1. The summed E-state index contributed by atoms with van der Waals surface area (Å²) in [6, 6.07) is 22.7. The van der Waals surface area contributed by atoms with E-state index < -0.39 is 12.0 Å². The zero-order chi connectivity index (χ0) is 22.5. The lowest BCUT2D eigenvalue weighted by Gasteiger charge is -2.21. The lowest BCUT2D eigenvalue weighted by atomic mass is 9.99. The van der Waals surface area contributed by atoms with Gasteiger partial charge in [-0.25, -0.2) is 9.78 Å². The number of aromatic nitrogens is 1. The summed E-state index contributed by atoms with van der Waals surface area (Å²) in [7, 11) is 0. The first-order valence-corrected chi connectivity index (χ1v) is 11.3. The van der Waals surface area contributed by atoms with Gasteiger partial charge in [-0.3, -0.25) is 4.79 Å². The van der Waals surface area contributed by atoms with Crippen LogP contribution in [0.4, 0.5) is 0 Å². The summed E-state index contributed by atoms with van der Waals surface area (Å²) in [4.78, 5) is 30.3. The quantitative estimate of drug-likeness (QED) is 0.566. The van der Waals surface area contributed by atoms with Crippen molar-refractivity contribution in [2.24, 2.45) is 0 Å². The van der Waals surface area contributed by atoms with Crippen LogP contribution in [-0.4, -0.2) is 45.2 Å². The normalized spacial score (nSPS) is 15.3. The Morgan fingerprint density at radius 2 is 1.75 bits per heavy atom. The number of carbonyl (C=O) groups is 2. The molecule has 4 rings (SSSR count). The van der Waals surface area contributed by atoms with Crippen LogP contribution < -0.4 is 0 Å². The van der Waals surface area contributed by atoms with E-state index >= 15 is 0 Å². The van der Waals surface area contributed by atoms with Gasteiger partial charge in [0.15, 0.2) is 0 Å². The molecule has 1 N–H and O–H groups in total. The minimum absolute atomic E-state index is 0.0257. The molecule has 0 aliphatic carbocycles. The number of hydrogen-bond acceptors (Lipinski definition) is 5. The highest BCUT2D eigenvalue weighted by Gasteiger charge is 2.33. The molecule has 1 aliphatic heterocycles. The zero-order valence-electron chi connectivity index (χ0n) is 17.3.